The summed E-state index contributed by atoms with van der Waals surface area (Å²) in [5.41, 5.74) is 4.84. The molecule has 92 valence electrons. The number of nitrogens with two attached hydrogens (primary N) is 1. The fourth-order valence-corrected chi connectivity index (χ4v) is 2.33. The molecule has 5 nitrogen and oxygen atoms in total. The maximum Gasteiger partial charge on any atom is 0.161 e. The Balaban J connectivity index is 2.05. The van der Waals surface area contributed by atoms with Gasteiger partial charge in [-0.05, 0) is 30.2 Å². The topological polar surface area (TPSA) is 65.7 Å². The molecule has 17 heavy (non-hydrogen) atoms. The molecule has 1 fully saturated rings. The van der Waals surface area contributed by atoms with Gasteiger partial charge in [0.2, 0.25) is 0 Å². The van der Waals surface area contributed by atoms with E-state index in [4.69, 9.17) is 20.1 Å². The Morgan fingerprint density at radius 2 is 1.82 bits per heavy atom. The van der Waals surface area contributed by atoms with Crippen molar-refractivity contribution in [1.82, 2.24) is 5.43 Å². The molecule has 0 radical (unpaired) electrons. The first-order chi connectivity index (χ1) is 8.25. The number of hydrogen-bond acceptors (Lipinski definition) is 5. The van der Waals surface area contributed by atoms with Gasteiger partial charge in [-0.25, -0.2) is 5.43 Å². The second-order valence-corrected chi connectivity index (χ2v) is 4.53. The van der Waals surface area contributed by atoms with Crippen molar-refractivity contribution in [3.63, 3.8) is 0 Å². The molecule has 0 aliphatic carbocycles. The predicted molar refractivity (Wildman–Crippen MR) is 62.0 cm³/mol. The van der Waals surface area contributed by atoms with Crippen LogP contribution in [0.3, 0.4) is 0 Å². The fourth-order valence-electron chi connectivity index (χ4n) is 2.33. The van der Waals surface area contributed by atoms with Gasteiger partial charge in [-0.3, -0.25) is 5.84 Å². The largest absolute Gasteiger partial charge is 0.486 e. The summed E-state index contributed by atoms with van der Waals surface area (Å²) in [6.07, 6.45) is 0. The maximum absolute atomic E-state index is 5.64. The lowest BCUT2D eigenvalue weighted by atomic mass is 9.85. The lowest BCUT2D eigenvalue weighted by Gasteiger charge is -2.42. The summed E-state index contributed by atoms with van der Waals surface area (Å²) in [6.45, 7) is 4.42. The van der Waals surface area contributed by atoms with Crippen molar-refractivity contribution in [1.29, 1.82) is 0 Å². The zero-order valence-corrected chi connectivity index (χ0v) is 9.79. The number of hydrazine groups is 1. The SMILES string of the molecule is Cc1cc2c(cc1C1(NN)COC1)OCCO2. The van der Waals surface area contributed by atoms with E-state index < -0.39 is 0 Å². The van der Waals surface area contributed by atoms with Crippen molar-refractivity contribution in [2.75, 3.05) is 26.4 Å². The number of nitrogens with one attached hydrogen (secondary N) is 1. The van der Waals surface area contributed by atoms with E-state index in [9.17, 15) is 0 Å². The van der Waals surface area contributed by atoms with E-state index >= 15 is 0 Å². The number of fused-ring (bicyclic) bond motifs is 1. The maximum atomic E-state index is 5.64. The second kappa shape index (κ2) is 3.87. The summed E-state index contributed by atoms with van der Waals surface area (Å²) in [5.74, 6) is 7.24. The van der Waals surface area contributed by atoms with E-state index in [-0.39, 0.29) is 5.54 Å². The first kappa shape index (κ1) is 10.8. The molecule has 2 heterocycles. The zero-order valence-electron chi connectivity index (χ0n) is 9.79. The third-order valence-corrected chi connectivity index (χ3v) is 3.38. The number of benzene rings is 1. The molecule has 5 heteroatoms. The highest BCUT2D eigenvalue weighted by atomic mass is 16.6. The van der Waals surface area contributed by atoms with Gasteiger partial charge in [0.05, 0.1) is 13.2 Å². The molecule has 1 saturated heterocycles. The van der Waals surface area contributed by atoms with Crippen LogP contribution in [-0.4, -0.2) is 26.4 Å². The average molecular weight is 236 g/mol. The molecule has 0 bridgehead atoms. The fraction of sp³-hybridized carbons (Fsp3) is 0.500. The van der Waals surface area contributed by atoms with Crippen molar-refractivity contribution in [3.8, 4) is 11.5 Å². The van der Waals surface area contributed by atoms with Crippen LogP contribution in [0.5, 0.6) is 11.5 Å². The minimum absolute atomic E-state index is 0.278. The van der Waals surface area contributed by atoms with Crippen LogP contribution >= 0.6 is 0 Å². The van der Waals surface area contributed by atoms with Gasteiger partial charge in [-0.2, -0.15) is 0 Å². The van der Waals surface area contributed by atoms with Crippen LogP contribution in [0.4, 0.5) is 0 Å². The van der Waals surface area contributed by atoms with Crippen molar-refractivity contribution in [2.45, 2.75) is 12.5 Å². The molecule has 0 amide bonds. The van der Waals surface area contributed by atoms with Crippen LogP contribution in [0.1, 0.15) is 11.1 Å². The molecule has 1 aromatic carbocycles. The molecule has 0 spiro atoms. The molecule has 0 atom stereocenters. The minimum atomic E-state index is -0.278. The summed E-state index contributed by atoms with van der Waals surface area (Å²) in [5, 5.41) is 0. The third kappa shape index (κ3) is 1.58. The molecule has 3 N–H and O–H groups in total. The smallest absolute Gasteiger partial charge is 0.161 e. The molecule has 1 aromatic rings. The Labute approximate surface area is 99.8 Å². The van der Waals surface area contributed by atoms with Crippen LogP contribution < -0.4 is 20.7 Å². The summed E-state index contributed by atoms with van der Waals surface area (Å²) < 4.78 is 16.4. The van der Waals surface area contributed by atoms with Gasteiger partial charge >= 0.3 is 0 Å². The Kier molecular flexibility index (Phi) is 2.47. The molecule has 3 rings (SSSR count). The van der Waals surface area contributed by atoms with Crippen LogP contribution in [0.15, 0.2) is 12.1 Å². The average Bonchev–Trinajstić information content (AvgIpc) is 2.29. The van der Waals surface area contributed by atoms with Crippen LogP contribution in [-0.2, 0) is 10.3 Å². The number of ether oxygens (including phenoxy) is 3. The summed E-state index contributed by atoms with van der Waals surface area (Å²) in [7, 11) is 0. The summed E-state index contributed by atoms with van der Waals surface area (Å²) in [4.78, 5) is 0. The van der Waals surface area contributed by atoms with Crippen molar-refractivity contribution >= 4 is 0 Å². The van der Waals surface area contributed by atoms with Crippen molar-refractivity contribution < 1.29 is 14.2 Å². The summed E-state index contributed by atoms with van der Waals surface area (Å²) >= 11 is 0. The van der Waals surface area contributed by atoms with Gasteiger partial charge in [0.15, 0.2) is 11.5 Å². The van der Waals surface area contributed by atoms with E-state index in [1.807, 2.05) is 19.1 Å². The van der Waals surface area contributed by atoms with Gasteiger partial charge in [0.25, 0.3) is 0 Å². The van der Waals surface area contributed by atoms with Crippen LogP contribution in [0.25, 0.3) is 0 Å². The molecule has 2 aliphatic heterocycles. The molecular weight excluding hydrogens is 220 g/mol. The van der Waals surface area contributed by atoms with E-state index in [1.54, 1.807) is 0 Å². The standard InChI is InChI=1S/C12H16N2O3/c1-8-4-10-11(17-3-2-16-10)5-9(8)12(14-13)6-15-7-12/h4-5,14H,2-3,6-7,13H2,1H3. The van der Waals surface area contributed by atoms with Crippen LogP contribution in [0, 0.1) is 6.92 Å². The third-order valence-electron chi connectivity index (χ3n) is 3.38. The number of hydrogen-bond donors (Lipinski definition) is 2. The Morgan fingerprint density at radius 1 is 1.18 bits per heavy atom. The van der Waals surface area contributed by atoms with E-state index in [1.165, 1.54) is 0 Å². The minimum Gasteiger partial charge on any atom is -0.486 e. The van der Waals surface area contributed by atoms with Gasteiger partial charge in [-0.1, -0.05) is 0 Å². The number of aryl methyl sites for hydroxylation is 1. The molecule has 0 saturated carbocycles. The Morgan fingerprint density at radius 3 is 2.35 bits per heavy atom. The van der Waals surface area contributed by atoms with Gasteiger partial charge in [0.1, 0.15) is 18.8 Å². The van der Waals surface area contributed by atoms with Gasteiger partial charge < -0.3 is 14.2 Å². The number of rotatable bonds is 2. The zero-order chi connectivity index (χ0) is 11.9. The van der Waals surface area contributed by atoms with E-state index in [0.29, 0.717) is 26.4 Å². The van der Waals surface area contributed by atoms with Crippen molar-refractivity contribution in [3.05, 3.63) is 23.3 Å². The second-order valence-electron chi connectivity index (χ2n) is 4.53. The van der Waals surface area contributed by atoms with Crippen molar-refractivity contribution in [2.24, 2.45) is 5.84 Å². The normalized spacial score (nSPS) is 20.8. The Hall–Kier alpha value is -1.30. The van der Waals surface area contributed by atoms with Crippen LogP contribution in [0.2, 0.25) is 0 Å². The molecule has 0 aromatic heterocycles. The lowest BCUT2D eigenvalue weighted by molar-refractivity contribution is -0.0791. The first-order valence-corrected chi connectivity index (χ1v) is 5.71. The Bertz CT molecular complexity index is 438. The quantitative estimate of drug-likeness (QED) is 0.576. The highest BCUT2D eigenvalue weighted by Crippen LogP contribution is 2.39. The predicted octanol–water partition coefficient (Wildman–Crippen LogP) is 0.455. The first-order valence-electron chi connectivity index (χ1n) is 5.71. The monoisotopic (exact) mass is 236 g/mol. The molecule has 0 unspecified atom stereocenters. The highest BCUT2D eigenvalue weighted by Gasteiger charge is 2.41. The highest BCUT2D eigenvalue weighted by molar-refractivity contribution is 5.50. The van der Waals surface area contributed by atoms with E-state index in [2.05, 4.69) is 5.43 Å². The summed E-state index contributed by atoms with van der Waals surface area (Å²) in [6, 6.07) is 4.01. The lowest BCUT2D eigenvalue weighted by Crippen LogP contribution is -2.60. The van der Waals surface area contributed by atoms with Gasteiger partial charge in [-0.15, -0.1) is 0 Å². The molecule has 2 aliphatic rings. The molecular formula is C12H16N2O3. The van der Waals surface area contributed by atoms with E-state index in [0.717, 1.165) is 22.6 Å². The van der Waals surface area contributed by atoms with Gasteiger partial charge in [0, 0.05) is 0 Å².